The molecule has 3 aromatic carbocycles. The molecule has 0 aliphatic carbocycles. The van der Waals surface area contributed by atoms with Crippen LogP contribution in [0.1, 0.15) is 45.1 Å². The number of fused-ring (bicyclic) bond motifs is 2. The Hall–Kier alpha value is -4.59. The summed E-state index contributed by atoms with van der Waals surface area (Å²) in [6.45, 7) is 4.60. The highest BCUT2D eigenvalue weighted by atomic mass is 31.2. The number of hydrogen-bond donors (Lipinski definition) is 3. The minimum atomic E-state index is -4.29. The van der Waals surface area contributed by atoms with Gasteiger partial charge in [-0.15, -0.1) is 0 Å². The van der Waals surface area contributed by atoms with Gasteiger partial charge < -0.3 is 29.6 Å². The first-order chi connectivity index (χ1) is 23.0. The number of carbonyl (C=O) groups is 1. The fraction of sp³-hybridized carbons (Fsp3) is 0.333. The van der Waals surface area contributed by atoms with Crippen molar-refractivity contribution in [2.45, 2.75) is 57.3 Å². The van der Waals surface area contributed by atoms with Gasteiger partial charge in [0.15, 0.2) is 17.4 Å². The Morgan fingerprint density at radius 3 is 2.62 bits per heavy atom. The van der Waals surface area contributed by atoms with Gasteiger partial charge in [0, 0.05) is 11.8 Å². The number of nitrogens with two attached hydrogens (primary N) is 1. The number of carbonyl (C=O) groups excluding carboxylic acids is 1. The molecule has 15 heteroatoms. The highest BCUT2D eigenvalue weighted by Crippen LogP contribution is 2.48. The Morgan fingerprint density at radius 2 is 1.85 bits per heavy atom. The van der Waals surface area contributed by atoms with Crippen molar-refractivity contribution in [2.24, 2.45) is 0 Å². The quantitative estimate of drug-likeness (QED) is 0.117. The van der Waals surface area contributed by atoms with Crippen LogP contribution in [0.3, 0.4) is 0 Å². The van der Waals surface area contributed by atoms with E-state index in [0.717, 1.165) is 10.9 Å². The fourth-order valence-corrected chi connectivity index (χ4v) is 7.20. The van der Waals surface area contributed by atoms with Crippen LogP contribution in [-0.4, -0.2) is 62.1 Å². The molecule has 6 atom stereocenters. The number of imidazole rings is 1. The minimum Gasteiger partial charge on any atom is -0.479 e. The first kappa shape index (κ1) is 33.3. The van der Waals surface area contributed by atoms with Crippen LogP contribution in [0, 0.1) is 0 Å². The summed E-state index contributed by atoms with van der Waals surface area (Å²) in [7, 11) is -2.85. The summed E-state index contributed by atoms with van der Waals surface area (Å²) >= 11 is 0. The Kier molecular flexibility index (Phi) is 9.37. The second-order valence-corrected chi connectivity index (χ2v) is 13.5. The molecule has 14 nitrogen and oxygen atoms in total. The normalized spacial score (nSPS) is 21.9. The van der Waals surface area contributed by atoms with Crippen molar-refractivity contribution in [3.8, 4) is 11.6 Å². The van der Waals surface area contributed by atoms with Crippen molar-refractivity contribution in [1.29, 1.82) is 0 Å². The van der Waals surface area contributed by atoms with Crippen molar-refractivity contribution in [1.82, 2.24) is 24.6 Å². The zero-order chi connectivity index (χ0) is 34.1. The second-order valence-electron chi connectivity index (χ2n) is 11.8. The van der Waals surface area contributed by atoms with Crippen LogP contribution in [-0.2, 0) is 23.4 Å². The van der Waals surface area contributed by atoms with E-state index in [2.05, 4.69) is 20.0 Å². The first-order valence-electron chi connectivity index (χ1n) is 15.3. The molecule has 1 aliphatic rings. The van der Waals surface area contributed by atoms with Crippen molar-refractivity contribution < 1.29 is 37.7 Å². The lowest BCUT2D eigenvalue weighted by atomic mass is 10.0. The van der Waals surface area contributed by atoms with Crippen molar-refractivity contribution >= 4 is 41.6 Å². The lowest BCUT2D eigenvalue weighted by Crippen LogP contribution is -2.36. The molecular formula is C33H37N6O8P. The molecule has 0 saturated carbocycles. The van der Waals surface area contributed by atoms with Crippen LogP contribution >= 0.6 is 7.75 Å². The van der Waals surface area contributed by atoms with Gasteiger partial charge in [0.1, 0.15) is 23.5 Å². The Labute approximate surface area is 276 Å². The smallest absolute Gasteiger partial charge is 0.459 e. The summed E-state index contributed by atoms with van der Waals surface area (Å²) in [6, 6.07) is 21.0. The topological polar surface area (TPSA) is 182 Å². The summed E-state index contributed by atoms with van der Waals surface area (Å²) in [5.74, 6) is -0.227. The van der Waals surface area contributed by atoms with Crippen LogP contribution < -0.4 is 20.1 Å². The van der Waals surface area contributed by atoms with Crippen LogP contribution in [0.15, 0.2) is 79.1 Å². The summed E-state index contributed by atoms with van der Waals surface area (Å²) < 4.78 is 45.2. The number of aromatic nitrogens is 4. The predicted molar refractivity (Wildman–Crippen MR) is 177 cm³/mol. The van der Waals surface area contributed by atoms with Gasteiger partial charge >= 0.3 is 13.7 Å². The number of nitrogens with one attached hydrogen (secondary N) is 1. The number of ether oxygens (including phenoxy) is 3. The molecule has 6 rings (SSSR count). The van der Waals surface area contributed by atoms with Gasteiger partial charge in [-0.3, -0.25) is 13.9 Å². The molecule has 0 radical (unpaired) electrons. The zero-order valence-corrected chi connectivity index (χ0v) is 27.7. The largest absolute Gasteiger partial charge is 0.479 e. The average molecular weight is 677 g/mol. The Balaban J connectivity index is 1.22. The molecule has 4 N–H and O–H groups in total. The van der Waals surface area contributed by atoms with Crippen molar-refractivity contribution in [3.63, 3.8) is 0 Å². The molecule has 2 aromatic heterocycles. The molecule has 3 heterocycles. The molecule has 0 bridgehead atoms. The second kappa shape index (κ2) is 13.5. The number of rotatable bonds is 12. The van der Waals surface area contributed by atoms with E-state index < -0.39 is 43.8 Å². The fourth-order valence-electron chi connectivity index (χ4n) is 5.66. The Morgan fingerprint density at radius 1 is 1.12 bits per heavy atom. The summed E-state index contributed by atoms with van der Waals surface area (Å²) in [5.41, 5.74) is 5.90. The molecular weight excluding hydrogens is 639 g/mol. The number of aliphatic hydroxyl groups is 1. The van der Waals surface area contributed by atoms with E-state index in [0.29, 0.717) is 16.6 Å². The predicted octanol–water partition coefficient (Wildman–Crippen LogP) is 5.10. The number of anilines is 1. The maximum absolute atomic E-state index is 14.5. The van der Waals surface area contributed by atoms with Gasteiger partial charge in [0.05, 0.1) is 26.1 Å². The molecule has 5 aromatic rings. The monoisotopic (exact) mass is 676 g/mol. The van der Waals surface area contributed by atoms with Crippen LogP contribution in [0.4, 0.5) is 5.95 Å². The third kappa shape index (κ3) is 6.98. The summed E-state index contributed by atoms with van der Waals surface area (Å²) in [5, 5.41) is 15.7. The van der Waals surface area contributed by atoms with Crippen LogP contribution in [0.2, 0.25) is 0 Å². The molecule has 48 heavy (non-hydrogen) atoms. The van der Waals surface area contributed by atoms with E-state index >= 15 is 0 Å². The lowest BCUT2D eigenvalue weighted by molar-refractivity contribution is -0.150. The number of benzene rings is 3. The van der Waals surface area contributed by atoms with E-state index in [1.807, 2.05) is 60.7 Å². The molecule has 0 spiro atoms. The third-order valence-corrected chi connectivity index (χ3v) is 9.64. The SMILES string of the molecule is COc1nc(N)nc2c1ncn2[C@H]1O[C@H](COP(=O)(N[C@@H](C)C(=O)OC(C)c2ccccc2)Oc2cccc3ccccc23)C[C@@]1(C)O. The summed E-state index contributed by atoms with van der Waals surface area (Å²) in [6.07, 6.45) is -0.725. The number of nitrogens with zero attached hydrogens (tertiary/aromatic N) is 4. The van der Waals surface area contributed by atoms with E-state index in [1.54, 1.807) is 26.0 Å². The highest BCUT2D eigenvalue weighted by molar-refractivity contribution is 7.52. The van der Waals surface area contributed by atoms with E-state index in [1.165, 1.54) is 24.9 Å². The van der Waals surface area contributed by atoms with Gasteiger partial charge in [-0.25, -0.2) is 9.55 Å². The maximum Gasteiger partial charge on any atom is 0.459 e. The highest BCUT2D eigenvalue weighted by Gasteiger charge is 2.47. The lowest BCUT2D eigenvalue weighted by Gasteiger charge is -2.25. The van der Waals surface area contributed by atoms with Crippen molar-refractivity contribution in [2.75, 3.05) is 19.5 Å². The van der Waals surface area contributed by atoms with Crippen molar-refractivity contribution in [3.05, 3.63) is 84.7 Å². The number of nitrogen functional groups attached to an aromatic ring is 1. The average Bonchev–Trinajstić information content (AvgIpc) is 3.62. The van der Waals surface area contributed by atoms with Gasteiger partial charge in [-0.2, -0.15) is 15.1 Å². The molecule has 0 amide bonds. The number of hydrogen-bond acceptors (Lipinski definition) is 12. The van der Waals surface area contributed by atoms with E-state index in [4.69, 9.17) is 29.0 Å². The zero-order valence-electron chi connectivity index (χ0n) is 26.8. The van der Waals surface area contributed by atoms with E-state index in [-0.39, 0.29) is 30.6 Å². The van der Waals surface area contributed by atoms with Gasteiger partial charge in [0.2, 0.25) is 11.8 Å². The molecule has 2 unspecified atom stereocenters. The summed E-state index contributed by atoms with van der Waals surface area (Å²) in [4.78, 5) is 25.8. The standard InChI is InChI=1S/C33H37N6O8P/c1-20(30(40)45-21(2)22-11-6-5-7-12-22)38-48(42,47-26-16-10-14-23-13-8-9-15-25(23)26)44-18-24-17-33(3,41)31(46-24)39-19-35-27-28(39)36-32(34)37-29(27)43-4/h5-16,19-21,24,31,41H,17-18H2,1-4H3,(H,38,42)(H2,34,36,37)/t20-,21?,24-,31-,33+,48?/m0/s1. The maximum atomic E-state index is 14.5. The van der Waals surface area contributed by atoms with E-state index in [9.17, 15) is 14.5 Å². The molecule has 1 fully saturated rings. The number of esters is 1. The molecule has 1 aliphatic heterocycles. The molecule has 1 saturated heterocycles. The Bertz CT molecular complexity index is 1970. The van der Waals surface area contributed by atoms with Crippen LogP contribution in [0.5, 0.6) is 11.6 Å². The van der Waals surface area contributed by atoms with Crippen LogP contribution in [0.25, 0.3) is 21.9 Å². The minimum absolute atomic E-state index is 0.0398. The number of methoxy groups -OCH3 is 1. The van der Waals surface area contributed by atoms with Gasteiger partial charge in [-0.1, -0.05) is 66.7 Å². The molecule has 252 valence electrons. The van der Waals surface area contributed by atoms with Gasteiger partial charge in [0.25, 0.3) is 0 Å². The van der Waals surface area contributed by atoms with Gasteiger partial charge in [-0.05, 0) is 37.8 Å². The first-order valence-corrected chi connectivity index (χ1v) is 16.9. The third-order valence-electron chi connectivity index (χ3n) is 8.01.